The van der Waals surface area contributed by atoms with Gasteiger partial charge in [-0.05, 0) is 11.4 Å². The van der Waals surface area contributed by atoms with Crippen LogP contribution in [0, 0.1) is 0 Å². The van der Waals surface area contributed by atoms with E-state index >= 15 is 0 Å². The molecule has 1 aromatic rings. The largest absolute Gasteiger partial charge is 0.376 e. The Kier molecular flexibility index (Phi) is 2.16. The Morgan fingerprint density at radius 3 is 3.08 bits per heavy atom. The summed E-state index contributed by atoms with van der Waals surface area (Å²) in [5.41, 5.74) is 0. The number of rotatable bonds is 1. The van der Waals surface area contributed by atoms with Crippen LogP contribution in [0.25, 0.3) is 0 Å². The Bertz CT molecular complexity index is 298. The molecule has 0 N–H and O–H groups in total. The highest BCUT2D eigenvalue weighted by molar-refractivity contribution is 9.18. The molecule has 12 heavy (non-hydrogen) atoms. The normalized spacial score (nSPS) is 23.8. The molecule has 3 nitrogen and oxygen atoms in total. The summed E-state index contributed by atoms with van der Waals surface area (Å²) in [5.74, 6) is 0. The van der Waals surface area contributed by atoms with Gasteiger partial charge in [0.1, 0.15) is 0 Å². The average molecular weight is 247 g/mol. The van der Waals surface area contributed by atoms with E-state index in [9.17, 15) is 0 Å². The zero-order valence-electron chi connectivity index (χ0n) is 6.40. The van der Waals surface area contributed by atoms with E-state index in [1.165, 1.54) is 4.88 Å². The molecular weight excluding hydrogens is 240 g/mol. The van der Waals surface area contributed by atoms with Gasteiger partial charge in [-0.3, -0.25) is 0 Å². The third-order valence-electron chi connectivity index (χ3n) is 1.59. The number of aliphatic imine (C=N–C) groups is 1. The molecule has 1 aromatic heterocycles. The van der Waals surface area contributed by atoms with Gasteiger partial charge >= 0.3 is 0 Å². The molecule has 0 fully saturated rings. The quantitative estimate of drug-likeness (QED) is 0.761. The first-order valence-electron chi connectivity index (χ1n) is 3.45. The van der Waals surface area contributed by atoms with Crippen LogP contribution in [0.1, 0.15) is 11.0 Å². The second-order valence-electron chi connectivity index (χ2n) is 2.41. The maximum absolute atomic E-state index is 5.20. The molecule has 1 aliphatic rings. The third-order valence-corrected chi connectivity index (χ3v) is 2.85. The van der Waals surface area contributed by atoms with Crippen molar-refractivity contribution in [1.29, 1.82) is 0 Å². The van der Waals surface area contributed by atoms with Crippen molar-refractivity contribution in [3.05, 3.63) is 22.4 Å². The minimum atomic E-state index is 0.0133. The Balaban J connectivity index is 2.25. The molecule has 0 radical (unpaired) electrons. The highest BCUT2D eigenvalue weighted by Gasteiger charge is 2.25. The van der Waals surface area contributed by atoms with Gasteiger partial charge in [-0.25, -0.2) is 4.99 Å². The molecular formula is C7H7BrN2OS. The van der Waals surface area contributed by atoms with Crippen molar-refractivity contribution in [2.75, 3.05) is 7.05 Å². The van der Waals surface area contributed by atoms with E-state index in [1.807, 2.05) is 24.6 Å². The molecule has 0 amide bonds. The Morgan fingerprint density at radius 1 is 1.75 bits per heavy atom. The molecule has 1 unspecified atom stereocenters. The number of hydrogen-bond acceptors (Lipinski definition) is 4. The van der Waals surface area contributed by atoms with Gasteiger partial charge in [-0.1, -0.05) is 6.07 Å². The highest BCUT2D eigenvalue weighted by atomic mass is 79.9. The van der Waals surface area contributed by atoms with Crippen LogP contribution in [0.5, 0.6) is 0 Å². The summed E-state index contributed by atoms with van der Waals surface area (Å²) in [4.78, 5) is 11.2. The van der Waals surface area contributed by atoms with Crippen LogP contribution >= 0.6 is 27.3 Å². The lowest BCUT2D eigenvalue weighted by Gasteiger charge is -2.13. The van der Waals surface area contributed by atoms with Gasteiger partial charge in [-0.15, -0.1) is 16.4 Å². The molecule has 0 spiro atoms. The van der Waals surface area contributed by atoms with E-state index in [4.69, 9.17) is 4.84 Å². The molecule has 0 aromatic carbocycles. The van der Waals surface area contributed by atoms with Crippen LogP contribution < -0.4 is 0 Å². The summed E-state index contributed by atoms with van der Waals surface area (Å²) in [7, 11) is 1.86. The summed E-state index contributed by atoms with van der Waals surface area (Å²) in [5, 5.41) is 3.75. The van der Waals surface area contributed by atoms with Gasteiger partial charge in [0.05, 0.1) is 0 Å². The molecule has 2 heterocycles. The fourth-order valence-electron chi connectivity index (χ4n) is 1.05. The van der Waals surface area contributed by atoms with Gasteiger partial charge in [0.25, 0.3) is 4.81 Å². The Labute approximate surface area is 82.8 Å². The molecule has 1 atom stereocenters. The lowest BCUT2D eigenvalue weighted by molar-refractivity contribution is -0.0530. The van der Waals surface area contributed by atoms with E-state index in [1.54, 1.807) is 16.4 Å². The topological polar surface area (TPSA) is 24.8 Å². The SMILES string of the molecule is CN1OC(Br)=NC1c1cccs1. The van der Waals surface area contributed by atoms with Crippen molar-refractivity contribution in [2.24, 2.45) is 4.99 Å². The van der Waals surface area contributed by atoms with Crippen molar-refractivity contribution in [3.63, 3.8) is 0 Å². The van der Waals surface area contributed by atoms with Gasteiger partial charge in [0, 0.05) is 27.9 Å². The predicted molar refractivity (Wildman–Crippen MR) is 52.3 cm³/mol. The predicted octanol–water partition coefficient (Wildman–Crippen LogP) is 2.37. The summed E-state index contributed by atoms with van der Waals surface area (Å²) >= 11 is 4.87. The van der Waals surface area contributed by atoms with Crippen LogP contribution in [0.3, 0.4) is 0 Å². The van der Waals surface area contributed by atoms with E-state index in [0.29, 0.717) is 4.81 Å². The molecule has 5 heteroatoms. The zero-order chi connectivity index (χ0) is 8.55. The number of nitrogens with zero attached hydrogens (tertiary/aromatic N) is 2. The van der Waals surface area contributed by atoms with E-state index in [2.05, 4.69) is 20.9 Å². The molecule has 1 aliphatic heterocycles. The van der Waals surface area contributed by atoms with Crippen molar-refractivity contribution in [2.45, 2.75) is 6.17 Å². The van der Waals surface area contributed by atoms with Crippen LogP contribution in [0.2, 0.25) is 0 Å². The standard InChI is InChI=1S/C7H7BrN2OS/c1-10-6(9-7(8)11-10)5-3-2-4-12-5/h2-4,6H,1H3. The van der Waals surface area contributed by atoms with Crippen LogP contribution in [-0.2, 0) is 4.84 Å². The van der Waals surface area contributed by atoms with E-state index in [0.717, 1.165) is 0 Å². The minimum Gasteiger partial charge on any atom is -0.376 e. The van der Waals surface area contributed by atoms with Crippen LogP contribution in [0.15, 0.2) is 22.5 Å². The molecule has 0 saturated heterocycles. The van der Waals surface area contributed by atoms with Gasteiger partial charge in [0.15, 0.2) is 6.17 Å². The molecule has 0 bridgehead atoms. The molecule has 64 valence electrons. The molecule has 2 rings (SSSR count). The maximum atomic E-state index is 5.20. The van der Waals surface area contributed by atoms with Gasteiger partial charge in [-0.2, -0.15) is 0 Å². The van der Waals surface area contributed by atoms with E-state index < -0.39 is 0 Å². The number of hydrogen-bond donors (Lipinski definition) is 0. The summed E-state index contributed by atoms with van der Waals surface area (Å²) in [6, 6.07) is 4.06. The minimum absolute atomic E-state index is 0.0133. The smallest absolute Gasteiger partial charge is 0.278 e. The second-order valence-corrected chi connectivity index (χ2v) is 4.07. The van der Waals surface area contributed by atoms with E-state index in [-0.39, 0.29) is 6.17 Å². The first kappa shape index (κ1) is 8.22. The average Bonchev–Trinajstić information content (AvgIpc) is 2.58. The lowest BCUT2D eigenvalue weighted by Crippen LogP contribution is -2.16. The third kappa shape index (κ3) is 1.39. The number of thiophene rings is 1. The maximum Gasteiger partial charge on any atom is 0.278 e. The lowest BCUT2D eigenvalue weighted by atomic mass is 10.4. The zero-order valence-corrected chi connectivity index (χ0v) is 8.80. The van der Waals surface area contributed by atoms with Gasteiger partial charge < -0.3 is 4.84 Å². The Morgan fingerprint density at radius 2 is 2.58 bits per heavy atom. The van der Waals surface area contributed by atoms with Gasteiger partial charge in [0.2, 0.25) is 0 Å². The van der Waals surface area contributed by atoms with Crippen LogP contribution in [-0.4, -0.2) is 16.9 Å². The summed E-state index contributed by atoms with van der Waals surface area (Å²) in [6.45, 7) is 0. The summed E-state index contributed by atoms with van der Waals surface area (Å²) in [6.07, 6.45) is 0.0133. The van der Waals surface area contributed by atoms with Crippen LogP contribution in [0.4, 0.5) is 0 Å². The first-order chi connectivity index (χ1) is 5.77. The molecule has 0 aliphatic carbocycles. The monoisotopic (exact) mass is 246 g/mol. The number of hydroxylamine groups is 2. The molecule has 0 saturated carbocycles. The number of halogens is 1. The van der Waals surface area contributed by atoms with Crippen molar-refractivity contribution >= 4 is 32.1 Å². The van der Waals surface area contributed by atoms with Crippen molar-refractivity contribution < 1.29 is 4.84 Å². The highest BCUT2D eigenvalue weighted by Crippen LogP contribution is 2.30. The first-order valence-corrected chi connectivity index (χ1v) is 5.12. The van der Waals surface area contributed by atoms with Crippen molar-refractivity contribution in [1.82, 2.24) is 5.06 Å². The Hall–Kier alpha value is -0.390. The van der Waals surface area contributed by atoms with Crippen molar-refractivity contribution in [3.8, 4) is 0 Å². The fourth-order valence-corrected chi connectivity index (χ4v) is 2.27. The summed E-state index contributed by atoms with van der Waals surface area (Å²) < 4.78 is 0. The fraction of sp³-hybridized carbons (Fsp3) is 0.286. The second kappa shape index (κ2) is 3.16.